The molecule has 2 heterocycles. The zero-order chi connectivity index (χ0) is 23.2. The van der Waals surface area contributed by atoms with Crippen LogP contribution in [0.25, 0.3) is 11.3 Å². The molecule has 4 rings (SSSR count). The lowest BCUT2D eigenvalue weighted by Crippen LogP contribution is -2.33. The first-order chi connectivity index (χ1) is 16.0. The topological polar surface area (TPSA) is 71.4 Å². The SMILES string of the molecule is Cn1ncc(Cl)c1-c1cc(NC(=O)Nc2ccc(Cl)cc2)ccc1OCCN1CCCCC1. The number of benzene rings is 2. The van der Waals surface area contributed by atoms with Crippen molar-refractivity contribution in [2.24, 2.45) is 7.05 Å². The van der Waals surface area contributed by atoms with E-state index in [2.05, 4.69) is 20.6 Å². The van der Waals surface area contributed by atoms with E-state index >= 15 is 0 Å². The number of piperidine rings is 1. The molecule has 0 bridgehead atoms. The molecule has 0 radical (unpaired) electrons. The molecule has 0 atom stereocenters. The summed E-state index contributed by atoms with van der Waals surface area (Å²) < 4.78 is 7.86. The summed E-state index contributed by atoms with van der Waals surface area (Å²) in [7, 11) is 1.83. The molecule has 0 spiro atoms. The number of nitrogens with one attached hydrogen (secondary N) is 2. The Morgan fingerprint density at radius 1 is 1.03 bits per heavy atom. The van der Waals surface area contributed by atoms with Crippen LogP contribution in [0.15, 0.2) is 48.7 Å². The number of likely N-dealkylation sites (tertiary alicyclic amines) is 1. The minimum Gasteiger partial charge on any atom is -0.492 e. The van der Waals surface area contributed by atoms with Gasteiger partial charge in [-0.3, -0.25) is 9.58 Å². The number of amides is 2. The van der Waals surface area contributed by atoms with Crippen LogP contribution in [-0.2, 0) is 7.05 Å². The van der Waals surface area contributed by atoms with Gasteiger partial charge in [0.2, 0.25) is 0 Å². The first kappa shape index (κ1) is 23.4. The highest BCUT2D eigenvalue weighted by atomic mass is 35.5. The Labute approximate surface area is 203 Å². The van der Waals surface area contributed by atoms with Gasteiger partial charge in [0.05, 0.1) is 16.9 Å². The Kier molecular flexibility index (Phi) is 7.75. The Morgan fingerprint density at radius 3 is 2.42 bits per heavy atom. The minimum atomic E-state index is -0.363. The largest absolute Gasteiger partial charge is 0.492 e. The van der Waals surface area contributed by atoms with Crippen molar-refractivity contribution in [3.8, 4) is 17.0 Å². The molecule has 1 fully saturated rings. The standard InChI is InChI=1S/C24H27Cl2N5O2/c1-30-23(21(26)16-27-30)20-15-19(29-24(32)28-18-7-5-17(25)6-8-18)9-10-22(20)33-14-13-31-11-3-2-4-12-31/h5-10,15-16H,2-4,11-14H2,1H3,(H2,28,29,32). The number of nitrogens with zero attached hydrogens (tertiary/aromatic N) is 3. The Hall–Kier alpha value is -2.74. The molecule has 2 aromatic carbocycles. The molecule has 3 aromatic rings. The van der Waals surface area contributed by atoms with E-state index in [4.69, 9.17) is 27.9 Å². The Bertz CT molecular complexity index is 1080. The van der Waals surface area contributed by atoms with Gasteiger partial charge >= 0.3 is 6.03 Å². The summed E-state index contributed by atoms with van der Waals surface area (Å²) in [5, 5.41) is 11.0. The second kappa shape index (κ2) is 10.9. The van der Waals surface area contributed by atoms with Crippen LogP contribution in [0, 0.1) is 0 Å². The van der Waals surface area contributed by atoms with E-state index < -0.39 is 0 Å². The maximum Gasteiger partial charge on any atom is 0.323 e. The van der Waals surface area contributed by atoms with Crippen molar-refractivity contribution < 1.29 is 9.53 Å². The molecule has 2 amide bonds. The van der Waals surface area contributed by atoms with E-state index in [-0.39, 0.29) is 6.03 Å². The summed E-state index contributed by atoms with van der Waals surface area (Å²) in [5.74, 6) is 0.696. The first-order valence-corrected chi connectivity index (χ1v) is 11.8. The average molecular weight is 488 g/mol. The van der Waals surface area contributed by atoms with Crippen LogP contribution in [-0.4, -0.2) is 47.0 Å². The molecule has 1 aliphatic heterocycles. The number of rotatable bonds is 7. The van der Waals surface area contributed by atoms with Crippen LogP contribution in [0.3, 0.4) is 0 Å². The van der Waals surface area contributed by atoms with Gasteiger partial charge in [0, 0.05) is 35.6 Å². The third-order valence-electron chi connectivity index (χ3n) is 5.60. The molecule has 1 aromatic heterocycles. The normalized spacial score (nSPS) is 14.2. The molecule has 0 aliphatic carbocycles. The van der Waals surface area contributed by atoms with Crippen LogP contribution >= 0.6 is 23.2 Å². The number of aromatic nitrogens is 2. The van der Waals surface area contributed by atoms with Crippen molar-refractivity contribution in [1.29, 1.82) is 0 Å². The fraction of sp³-hybridized carbons (Fsp3) is 0.333. The van der Waals surface area contributed by atoms with Crippen molar-refractivity contribution in [2.45, 2.75) is 19.3 Å². The van der Waals surface area contributed by atoms with E-state index in [0.29, 0.717) is 33.8 Å². The van der Waals surface area contributed by atoms with Crippen molar-refractivity contribution in [3.05, 3.63) is 58.7 Å². The van der Waals surface area contributed by atoms with Crippen LogP contribution in [0.2, 0.25) is 10.0 Å². The molecule has 0 saturated carbocycles. The number of hydrogen-bond donors (Lipinski definition) is 2. The molecular formula is C24H27Cl2N5O2. The first-order valence-electron chi connectivity index (χ1n) is 11.0. The van der Waals surface area contributed by atoms with E-state index in [1.165, 1.54) is 19.3 Å². The summed E-state index contributed by atoms with van der Waals surface area (Å²) in [6, 6.07) is 12.1. The lowest BCUT2D eigenvalue weighted by atomic mass is 10.1. The lowest BCUT2D eigenvalue weighted by molar-refractivity contribution is 0.183. The number of carbonyl (C=O) groups is 1. The summed E-state index contributed by atoms with van der Waals surface area (Å²) >= 11 is 12.3. The number of hydrogen-bond acceptors (Lipinski definition) is 4. The second-order valence-corrected chi connectivity index (χ2v) is 8.86. The zero-order valence-corrected chi connectivity index (χ0v) is 20.0. The minimum absolute atomic E-state index is 0.363. The molecule has 33 heavy (non-hydrogen) atoms. The number of halogens is 2. The molecule has 1 saturated heterocycles. The van der Waals surface area contributed by atoms with Crippen molar-refractivity contribution in [1.82, 2.24) is 14.7 Å². The van der Waals surface area contributed by atoms with E-state index in [9.17, 15) is 4.79 Å². The fourth-order valence-electron chi connectivity index (χ4n) is 3.93. The quantitative estimate of drug-likeness (QED) is 0.434. The van der Waals surface area contributed by atoms with E-state index in [1.54, 1.807) is 35.1 Å². The third-order valence-corrected chi connectivity index (χ3v) is 6.13. The van der Waals surface area contributed by atoms with E-state index in [1.807, 2.05) is 25.2 Å². The van der Waals surface area contributed by atoms with Gasteiger partial charge in [0.25, 0.3) is 0 Å². The summed E-state index contributed by atoms with van der Waals surface area (Å²) in [6.07, 6.45) is 5.39. The molecular weight excluding hydrogens is 461 g/mol. The Morgan fingerprint density at radius 2 is 1.73 bits per heavy atom. The lowest BCUT2D eigenvalue weighted by Gasteiger charge is -2.26. The number of carbonyl (C=O) groups excluding carboxylic acids is 1. The predicted octanol–water partition coefficient (Wildman–Crippen LogP) is 5.90. The van der Waals surface area contributed by atoms with Gasteiger partial charge in [-0.05, 0) is 68.4 Å². The van der Waals surface area contributed by atoms with Crippen LogP contribution < -0.4 is 15.4 Å². The molecule has 7 nitrogen and oxygen atoms in total. The van der Waals surface area contributed by atoms with Crippen molar-refractivity contribution in [2.75, 3.05) is 36.9 Å². The highest BCUT2D eigenvalue weighted by Gasteiger charge is 2.17. The van der Waals surface area contributed by atoms with Gasteiger partial charge < -0.3 is 15.4 Å². The fourth-order valence-corrected chi connectivity index (χ4v) is 4.32. The maximum atomic E-state index is 12.5. The maximum absolute atomic E-state index is 12.5. The van der Waals surface area contributed by atoms with Gasteiger partial charge in [-0.15, -0.1) is 0 Å². The number of ether oxygens (including phenoxy) is 1. The van der Waals surface area contributed by atoms with Gasteiger partial charge in [-0.2, -0.15) is 5.10 Å². The third kappa shape index (κ3) is 6.19. The van der Waals surface area contributed by atoms with Crippen molar-refractivity contribution >= 4 is 40.6 Å². The van der Waals surface area contributed by atoms with Gasteiger partial charge in [0.1, 0.15) is 12.4 Å². The molecule has 2 N–H and O–H groups in total. The van der Waals surface area contributed by atoms with Crippen LogP contribution in [0.5, 0.6) is 5.75 Å². The van der Waals surface area contributed by atoms with Gasteiger partial charge in [0.15, 0.2) is 0 Å². The summed E-state index contributed by atoms with van der Waals surface area (Å²) in [4.78, 5) is 14.9. The van der Waals surface area contributed by atoms with Crippen LogP contribution in [0.1, 0.15) is 19.3 Å². The van der Waals surface area contributed by atoms with Crippen LogP contribution in [0.4, 0.5) is 16.2 Å². The highest BCUT2D eigenvalue weighted by molar-refractivity contribution is 6.33. The van der Waals surface area contributed by atoms with E-state index in [0.717, 1.165) is 30.9 Å². The highest BCUT2D eigenvalue weighted by Crippen LogP contribution is 2.36. The predicted molar refractivity (Wildman–Crippen MR) is 134 cm³/mol. The number of anilines is 2. The molecule has 0 unspecified atom stereocenters. The monoisotopic (exact) mass is 487 g/mol. The molecule has 174 valence electrons. The number of urea groups is 1. The average Bonchev–Trinajstić information content (AvgIpc) is 3.14. The smallest absolute Gasteiger partial charge is 0.323 e. The second-order valence-electron chi connectivity index (χ2n) is 8.01. The summed E-state index contributed by atoms with van der Waals surface area (Å²) in [6.45, 7) is 3.69. The molecule has 9 heteroatoms. The van der Waals surface area contributed by atoms with Crippen molar-refractivity contribution in [3.63, 3.8) is 0 Å². The van der Waals surface area contributed by atoms with Gasteiger partial charge in [-0.1, -0.05) is 29.6 Å². The number of aryl methyl sites for hydroxylation is 1. The molecule has 1 aliphatic rings. The van der Waals surface area contributed by atoms with Gasteiger partial charge in [-0.25, -0.2) is 4.79 Å². The Balaban J connectivity index is 1.49. The zero-order valence-electron chi connectivity index (χ0n) is 18.5. The summed E-state index contributed by atoms with van der Waals surface area (Å²) in [5.41, 5.74) is 2.75.